The lowest BCUT2D eigenvalue weighted by Gasteiger charge is -2.08. The van der Waals surface area contributed by atoms with Gasteiger partial charge in [0, 0.05) is 24.9 Å². The van der Waals surface area contributed by atoms with Crippen LogP contribution in [0, 0.1) is 0 Å². The maximum Gasteiger partial charge on any atom is 0.255 e. The molecule has 0 fully saturated rings. The van der Waals surface area contributed by atoms with E-state index in [0.29, 0.717) is 24.4 Å². The summed E-state index contributed by atoms with van der Waals surface area (Å²) in [5, 5.41) is 2.75. The predicted octanol–water partition coefficient (Wildman–Crippen LogP) is 2.77. The fourth-order valence-corrected chi connectivity index (χ4v) is 3.29. The molecule has 0 heterocycles. The molecular formula is C18H22N2O4S. The Morgan fingerprint density at radius 3 is 2.24 bits per heavy atom. The van der Waals surface area contributed by atoms with Crippen LogP contribution in [-0.4, -0.2) is 28.0 Å². The number of rotatable bonds is 8. The second-order valence-electron chi connectivity index (χ2n) is 5.51. The van der Waals surface area contributed by atoms with E-state index in [1.807, 2.05) is 19.1 Å². The molecule has 6 nitrogen and oxygen atoms in total. The van der Waals surface area contributed by atoms with E-state index in [1.165, 1.54) is 12.1 Å². The lowest BCUT2D eigenvalue weighted by Crippen LogP contribution is -2.24. The Balaban J connectivity index is 2.04. The van der Waals surface area contributed by atoms with Gasteiger partial charge in [-0.3, -0.25) is 4.79 Å². The van der Waals surface area contributed by atoms with Crippen molar-refractivity contribution in [3.63, 3.8) is 0 Å². The summed E-state index contributed by atoms with van der Waals surface area (Å²) < 4.78 is 31.6. The number of carbonyl (C=O) groups excluding carboxylic acids is 1. The van der Waals surface area contributed by atoms with Gasteiger partial charge in [0.15, 0.2) is 0 Å². The zero-order valence-corrected chi connectivity index (χ0v) is 15.1. The molecule has 0 aromatic heterocycles. The minimum absolute atomic E-state index is 0.169. The van der Waals surface area contributed by atoms with Crippen LogP contribution in [0.3, 0.4) is 0 Å². The van der Waals surface area contributed by atoms with Crippen molar-refractivity contribution in [3.8, 4) is 0 Å². The molecular weight excluding hydrogens is 340 g/mol. The molecule has 2 aromatic rings. The highest BCUT2D eigenvalue weighted by atomic mass is 32.2. The van der Waals surface area contributed by atoms with Crippen LogP contribution in [0.15, 0.2) is 53.4 Å². The largest absolute Gasteiger partial charge is 0.380 e. The highest BCUT2D eigenvalue weighted by Gasteiger charge is 2.13. The number of methoxy groups -OCH3 is 1. The maximum atomic E-state index is 12.2. The summed E-state index contributed by atoms with van der Waals surface area (Å²) in [6.07, 6.45) is 0.719. The van der Waals surface area contributed by atoms with E-state index in [2.05, 4.69) is 10.0 Å². The molecule has 25 heavy (non-hydrogen) atoms. The third-order valence-electron chi connectivity index (χ3n) is 3.49. The van der Waals surface area contributed by atoms with Crippen LogP contribution in [0.5, 0.6) is 0 Å². The summed E-state index contributed by atoms with van der Waals surface area (Å²) in [6, 6.07) is 13.2. The van der Waals surface area contributed by atoms with Crippen molar-refractivity contribution in [3.05, 3.63) is 59.7 Å². The average Bonchev–Trinajstić information content (AvgIpc) is 2.61. The number of nitrogens with one attached hydrogen (secondary N) is 2. The quantitative estimate of drug-likeness (QED) is 0.756. The van der Waals surface area contributed by atoms with Gasteiger partial charge in [0.05, 0.1) is 11.5 Å². The first-order valence-corrected chi connectivity index (χ1v) is 9.43. The van der Waals surface area contributed by atoms with Gasteiger partial charge in [0.1, 0.15) is 0 Å². The number of benzene rings is 2. The summed E-state index contributed by atoms with van der Waals surface area (Å²) in [6.45, 7) is 2.77. The number of carbonyl (C=O) groups is 1. The molecule has 2 rings (SSSR count). The van der Waals surface area contributed by atoms with Gasteiger partial charge in [0.25, 0.3) is 5.91 Å². The first kappa shape index (κ1) is 19.1. The molecule has 0 aliphatic carbocycles. The standard InChI is InChI=1S/C18H22N2O4S/c1-3-12-19-25(22,23)17-10-8-16(9-11-17)20-18(21)15-6-4-14(5-7-15)13-24-2/h4-11,19H,3,12-13H2,1-2H3,(H,20,21). The highest BCUT2D eigenvalue weighted by Crippen LogP contribution is 2.15. The predicted molar refractivity (Wildman–Crippen MR) is 97.0 cm³/mol. The van der Waals surface area contributed by atoms with Crippen molar-refractivity contribution >= 4 is 21.6 Å². The normalized spacial score (nSPS) is 11.3. The molecule has 0 bridgehead atoms. The van der Waals surface area contributed by atoms with E-state index in [0.717, 1.165) is 12.0 Å². The van der Waals surface area contributed by atoms with Gasteiger partial charge >= 0.3 is 0 Å². The van der Waals surface area contributed by atoms with E-state index in [-0.39, 0.29) is 10.8 Å². The number of hydrogen-bond donors (Lipinski definition) is 2. The Kier molecular flexibility index (Phi) is 6.69. The van der Waals surface area contributed by atoms with Crippen LogP contribution in [0.25, 0.3) is 0 Å². The first-order valence-electron chi connectivity index (χ1n) is 7.95. The Morgan fingerprint density at radius 1 is 1.04 bits per heavy atom. The molecule has 134 valence electrons. The van der Waals surface area contributed by atoms with Crippen LogP contribution < -0.4 is 10.0 Å². The second-order valence-corrected chi connectivity index (χ2v) is 7.27. The molecule has 0 aliphatic rings. The van der Waals surface area contributed by atoms with Gasteiger partial charge in [-0.1, -0.05) is 19.1 Å². The summed E-state index contributed by atoms with van der Waals surface area (Å²) in [4.78, 5) is 12.4. The van der Waals surface area contributed by atoms with Crippen LogP contribution >= 0.6 is 0 Å². The molecule has 0 saturated carbocycles. The minimum Gasteiger partial charge on any atom is -0.380 e. The number of hydrogen-bond acceptors (Lipinski definition) is 4. The summed E-state index contributed by atoms with van der Waals surface area (Å²) in [5.74, 6) is -0.260. The smallest absolute Gasteiger partial charge is 0.255 e. The molecule has 0 saturated heterocycles. The Morgan fingerprint density at radius 2 is 1.68 bits per heavy atom. The van der Waals surface area contributed by atoms with Gasteiger partial charge in [0.2, 0.25) is 10.0 Å². The van der Waals surface area contributed by atoms with Gasteiger partial charge in [-0.2, -0.15) is 0 Å². The van der Waals surface area contributed by atoms with Crippen molar-refractivity contribution < 1.29 is 17.9 Å². The molecule has 1 amide bonds. The molecule has 7 heteroatoms. The molecule has 0 spiro atoms. The van der Waals surface area contributed by atoms with Crippen LogP contribution in [0.1, 0.15) is 29.3 Å². The van der Waals surface area contributed by atoms with E-state index in [9.17, 15) is 13.2 Å². The average molecular weight is 362 g/mol. The van der Waals surface area contributed by atoms with Gasteiger partial charge in [-0.15, -0.1) is 0 Å². The van der Waals surface area contributed by atoms with E-state index in [1.54, 1.807) is 31.4 Å². The third kappa shape index (κ3) is 5.38. The lowest BCUT2D eigenvalue weighted by molar-refractivity contribution is 0.102. The fourth-order valence-electron chi connectivity index (χ4n) is 2.16. The fraction of sp³-hybridized carbons (Fsp3) is 0.278. The summed E-state index contributed by atoms with van der Waals surface area (Å²) in [7, 11) is -1.89. The Labute approximate surface area is 148 Å². The van der Waals surface area contributed by atoms with Crippen molar-refractivity contribution in [2.45, 2.75) is 24.8 Å². The van der Waals surface area contributed by atoms with Crippen LogP contribution in [-0.2, 0) is 21.4 Å². The first-order chi connectivity index (χ1) is 12.0. The molecule has 2 aromatic carbocycles. The molecule has 0 unspecified atom stereocenters. The van der Waals surface area contributed by atoms with Crippen molar-refractivity contribution in [1.82, 2.24) is 4.72 Å². The number of sulfonamides is 1. The third-order valence-corrected chi connectivity index (χ3v) is 4.97. The van der Waals surface area contributed by atoms with Gasteiger partial charge in [-0.05, 0) is 48.4 Å². The van der Waals surface area contributed by atoms with Crippen molar-refractivity contribution in [2.24, 2.45) is 0 Å². The Bertz CT molecular complexity index is 800. The van der Waals surface area contributed by atoms with Gasteiger partial charge in [-0.25, -0.2) is 13.1 Å². The summed E-state index contributed by atoms with van der Waals surface area (Å²) >= 11 is 0. The zero-order chi connectivity index (χ0) is 18.3. The molecule has 0 aliphatic heterocycles. The lowest BCUT2D eigenvalue weighted by atomic mass is 10.1. The van der Waals surface area contributed by atoms with E-state index >= 15 is 0 Å². The van der Waals surface area contributed by atoms with Crippen LogP contribution in [0.4, 0.5) is 5.69 Å². The monoisotopic (exact) mass is 362 g/mol. The molecule has 0 atom stereocenters. The topological polar surface area (TPSA) is 84.5 Å². The van der Waals surface area contributed by atoms with Crippen LogP contribution in [0.2, 0.25) is 0 Å². The highest BCUT2D eigenvalue weighted by molar-refractivity contribution is 7.89. The molecule has 0 radical (unpaired) electrons. The second kappa shape index (κ2) is 8.75. The minimum atomic E-state index is -3.50. The number of ether oxygens (including phenoxy) is 1. The number of amides is 1. The number of anilines is 1. The van der Waals surface area contributed by atoms with Gasteiger partial charge < -0.3 is 10.1 Å². The van der Waals surface area contributed by atoms with E-state index in [4.69, 9.17) is 4.74 Å². The van der Waals surface area contributed by atoms with E-state index < -0.39 is 10.0 Å². The zero-order valence-electron chi connectivity index (χ0n) is 14.3. The molecule has 2 N–H and O–H groups in total. The maximum absolute atomic E-state index is 12.2. The van der Waals surface area contributed by atoms with Crippen molar-refractivity contribution in [1.29, 1.82) is 0 Å². The van der Waals surface area contributed by atoms with Crippen molar-refractivity contribution in [2.75, 3.05) is 19.0 Å². The SMILES string of the molecule is CCCNS(=O)(=O)c1ccc(NC(=O)c2ccc(COC)cc2)cc1. The summed E-state index contributed by atoms with van der Waals surface area (Å²) in [5.41, 5.74) is 2.02. The Hall–Kier alpha value is -2.22.